The Morgan fingerprint density at radius 1 is 1.62 bits per heavy atom. The zero-order valence-electron chi connectivity index (χ0n) is 6.61. The van der Waals surface area contributed by atoms with Gasteiger partial charge in [-0.1, -0.05) is 0 Å². The first-order chi connectivity index (χ1) is 6.36. The molecule has 0 saturated carbocycles. The summed E-state index contributed by atoms with van der Waals surface area (Å²) in [6.45, 7) is 0. The molecule has 0 aliphatic rings. The minimum Gasteiger partial charge on any atom is -0.358 e. The standard InChI is InChI=1S/C9H5N3O/c10-3-8-9-7(1-2-11-8)6(5-13)4-12-9/h1-2,4-5,12H. The fourth-order valence-corrected chi connectivity index (χ4v) is 1.26. The Bertz CT molecular complexity index is 507. The summed E-state index contributed by atoms with van der Waals surface area (Å²) in [5.41, 5.74) is 1.48. The SMILES string of the molecule is N#Cc1nccc2c(C=O)c[nH]c12. The van der Waals surface area contributed by atoms with E-state index in [-0.39, 0.29) is 0 Å². The lowest BCUT2D eigenvalue weighted by Crippen LogP contribution is -1.83. The van der Waals surface area contributed by atoms with Crippen LogP contribution in [0.25, 0.3) is 10.9 Å². The van der Waals surface area contributed by atoms with E-state index in [1.165, 1.54) is 6.20 Å². The van der Waals surface area contributed by atoms with Crippen molar-refractivity contribution in [2.45, 2.75) is 0 Å². The highest BCUT2D eigenvalue weighted by atomic mass is 16.1. The van der Waals surface area contributed by atoms with Crippen LogP contribution in [0, 0.1) is 11.3 Å². The summed E-state index contributed by atoms with van der Waals surface area (Å²) >= 11 is 0. The molecule has 0 aliphatic heterocycles. The number of H-pyrrole nitrogens is 1. The first-order valence-corrected chi connectivity index (χ1v) is 3.68. The van der Waals surface area contributed by atoms with Crippen molar-refractivity contribution in [2.24, 2.45) is 0 Å². The number of carbonyl (C=O) groups excluding carboxylic acids is 1. The van der Waals surface area contributed by atoms with Gasteiger partial charge in [-0.25, -0.2) is 4.98 Å². The van der Waals surface area contributed by atoms with Crippen LogP contribution in [0.4, 0.5) is 0 Å². The van der Waals surface area contributed by atoms with Gasteiger partial charge in [0.15, 0.2) is 12.0 Å². The van der Waals surface area contributed by atoms with Crippen molar-refractivity contribution < 1.29 is 4.79 Å². The topological polar surface area (TPSA) is 69.5 Å². The van der Waals surface area contributed by atoms with Crippen molar-refractivity contribution in [2.75, 3.05) is 0 Å². The van der Waals surface area contributed by atoms with Gasteiger partial charge in [0.2, 0.25) is 0 Å². The van der Waals surface area contributed by atoms with Gasteiger partial charge in [0.05, 0.1) is 5.52 Å². The Labute approximate surface area is 73.8 Å². The maximum Gasteiger partial charge on any atom is 0.164 e. The van der Waals surface area contributed by atoms with E-state index in [0.717, 1.165) is 11.7 Å². The zero-order valence-corrected chi connectivity index (χ0v) is 6.61. The van der Waals surface area contributed by atoms with E-state index in [2.05, 4.69) is 9.97 Å². The van der Waals surface area contributed by atoms with Crippen LogP contribution < -0.4 is 0 Å². The predicted molar refractivity (Wildman–Crippen MR) is 46.2 cm³/mol. The van der Waals surface area contributed by atoms with Crippen LogP contribution in [0.15, 0.2) is 18.5 Å². The van der Waals surface area contributed by atoms with E-state index in [9.17, 15) is 4.79 Å². The molecule has 0 atom stereocenters. The summed E-state index contributed by atoms with van der Waals surface area (Å²) in [5.74, 6) is 0. The lowest BCUT2D eigenvalue weighted by Gasteiger charge is -1.90. The Kier molecular flexibility index (Phi) is 1.57. The molecule has 62 valence electrons. The fraction of sp³-hybridized carbons (Fsp3) is 0. The second kappa shape index (κ2) is 2.72. The molecule has 0 amide bonds. The quantitative estimate of drug-likeness (QED) is 0.656. The van der Waals surface area contributed by atoms with Crippen molar-refractivity contribution in [1.82, 2.24) is 9.97 Å². The van der Waals surface area contributed by atoms with Crippen LogP contribution in [0.3, 0.4) is 0 Å². The van der Waals surface area contributed by atoms with Gasteiger partial charge in [-0.3, -0.25) is 4.79 Å². The molecule has 2 aromatic rings. The van der Waals surface area contributed by atoms with E-state index < -0.39 is 0 Å². The van der Waals surface area contributed by atoms with Gasteiger partial charge in [0, 0.05) is 23.3 Å². The van der Waals surface area contributed by atoms with Crippen molar-refractivity contribution in [3.05, 3.63) is 29.7 Å². The molecule has 0 aromatic carbocycles. The summed E-state index contributed by atoms with van der Waals surface area (Å²) in [6.07, 6.45) is 3.84. The monoisotopic (exact) mass is 171 g/mol. The number of nitrogens with zero attached hydrogens (tertiary/aromatic N) is 2. The molecule has 4 nitrogen and oxygen atoms in total. The van der Waals surface area contributed by atoms with Crippen LogP contribution in [0.2, 0.25) is 0 Å². The molecule has 13 heavy (non-hydrogen) atoms. The third-order valence-corrected chi connectivity index (χ3v) is 1.87. The molecule has 2 aromatic heterocycles. The molecular weight excluding hydrogens is 166 g/mol. The van der Waals surface area contributed by atoms with Crippen LogP contribution in [0.5, 0.6) is 0 Å². The molecule has 0 fully saturated rings. The van der Waals surface area contributed by atoms with Gasteiger partial charge in [-0.05, 0) is 6.07 Å². The average Bonchev–Trinajstić information content (AvgIpc) is 2.60. The fourth-order valence-electron chi connectivity index (χ4n) is 1.26. The molecule has 2 heterocycles. The molecule has 0 saturated heterocycles. The molecule has 4 heteroatoms. The maximum atomic E-state index is 10.6. The summed E-state index contributed by atoms with van der Waals surface area (Å²) in [5, 5.41) is 9.43. The molecule has 0 bridgehead atoms. The lowest BCUT2D eigenvalue weighted by atomic mass is 10.2. The van der Waals surface area contributed by atoms with Crippen molar-refractivity contribution in [3.63, 3.8) is 0 Å². The van der Waals surface area contributed by atoms with E-state index >= 15 is 0 Å². The minimum atomic E-state index is 0.311. The number of fused-ring (bicyclic) bond motifs is 1. The number of rotatable bonds is 1. The van der Waals surface area contributed by atoms with Crippen LogP contribution >= 0.6 is 0 Å². The molecule has 0 aliphatic carbocycles. The number of carbonyl (C=O) groups is 1. The van der Waals surface area contributed by atoms with E-state index in [0.29, 0.717) is 16.8 Å². The zero-order chi connectivity index (χ0) is 9.26. The van der Waals surface area contributed by atoms with Crippen LogP contribution in [-0.2, 0) is 0 Å². The highest BCUT2D eigenvalue weighted by molar-refractivity contribution is 5.98. The molecule has 0 spiro atoms. The van der Waals surface area contributed by atoms with E-state index in [1.54, 1.807) is 12.3 Å². The van der Waals surface area contributed by atoms with Gasteiger partial charge < -0.3 is 4.98 Å². The van der Waals surface area contributed by atoms with Crippen molar-refractivity contribution in [3.8, 4) is 6.07 Å². The Morgan fingerprint density at radius 3 is 3.15 bits per heavy atom. The minimum absolute atomic E-state index is 0.311. The highest BCUT2D eigenvalue weighted by Crippen LogP contribution is 2.17. The molecule has 2 rings (SSSR count). The molecule has 1 N–H and O–H groups in total. The molecule has 0 radical (unpaired) electrons. The van der Waals surface area contributed by atoms with Gasteiger partial charge >= 0.3 is 0 Å². The Morgan fingerprint density at radius 2 is 2.46 bits per heavy atom. The molecule has 0 unspecified atom stereocenters. The van der Waals surface area contributed by atoms with Crippen molar-refractivity contribution >= 4 is 17.2 Å². The number of nitrogens with one attached hydrogen (secondary N) is 1. The largest absolute Gasteiger partial charge is 0.358 e. The number of nitriles is 1. The third kappa shape index (κ3) is 0.983. The van der Waals surface area contributed by atoms with E-state index in [4.69, 9.17) is 5.26 Å². The first kappa shape index (κ1) is 7.50. The summed E-state index contributed by atoms with van der Waals surface area (Å²) in [7, 11) is 0. The Balaban J connectivity index is 2.88. The van der Waals surface area contributed by atoms with Crippen molar-refractivity contribution in [1.29, 1.82) is 5.26 Å². The van der Waals surface area contributed by atoms with Gasteiger partial charge in [-0.15, -0.1) is 0 Å². The van der Waals surface area contributed by atoms with Gasteiger partial charge in [0.1, 0.15) is 6.07 Å². The number of aromatic nitrogens is 2. The highest BCUT2D eigenvalue weighted by Gasteiger charge is 2.06. The third-order valence-electron chi connectivity index (χ3n) is 1.87. The van der Waals surface area contributed by atoms with Crippen LogP contribution in [0.1, 0.15) is 16.1 Å². The first-order valence-electron chi connectivity index (χ1n) is 3.68. The maximum absolute atomic E-state index is 10.6. The number of pyridine rings is 1. The van der Waals surface area contributed by atoms with Gasteiger partial charge in [-0.2, -0.15) is 5.26 Å². The summed E-state index contributed by atoms with van der Waals surface area (Å²) in [6, 6.07) is 3.65. The number of hydrogen-bond donors (Lipinski definition) is 1. The Hall–Kier alpha value is -2.15. The summed E-state index contributed by atoms with van der Waals surface area (Å²) < 4.78 is 0. The summed E-state index contributed by atoms with van der Waals surface area (Å²) in [4.78, 5) is 17.3. The lowest BCUT2D eigenvalue weighted by molar-refractivity contribution is 0.112. The number of aromatic amines is 1. The predicted octanol–water partition coefficient (Wildman–Crippen LogP) is 1.25. The number of hydrogen-bond acceptors (Lipinski definition) is 3. The smallest absolute Gasteiger partial charge is 0.164 e. The average molecular weight is 171 g/mol. The van der Waals surface area contributed by atoms with E-state index in [1.807, 2.05) is 6.07 Å². The normalized spacial score (nSPS) is 9.77. The second-order valence-electron chi connectivity index (χ2n) is 2.56. The van der Waals surface area contributed by atoms with Crippen LogP contribution in [-0.4, -0.2) is 16.3 Å². The second-order valence-corrected chi connectivity index (χ2v) is 2.56. The van der Waals surface area contributed by atoms with Gasteiger partial charge in [0.25, 0.3) is 0 Å². The molecular formula is C9H5N3O. The number of aldehydes is 1.